The van der Waals surface area contributed by atoms with Gasteiger partial charge in [0.05, 0.1) is 24.2 Å². The smallest absolute Gasteiger partial charge is 0.292 e. The highest BCUT2D eigenvalue weighted by Gasteiger charge is 2.22. The van der Waals surface area contributed by atoms with Gasteiger partial charge in [0.1, 0.15) is 10.0 Å². The molecule has 0 amide bonds. The van der Waals surface area contributed by atoms with Crippen molar-refractivity contribution in [1.29, 1.82) is 0 Å². The molecule has 0 atom stereocenters. The zero-order valence-electron chi connectivity index (χ0n) is 15.3. The molecule has 4 rings (SSSR count). The number of anilines is 1. The molecule has 1 aromatic carbocycles. The van der Waals surface area contributed by atoms with Gasteiger partial charge in [0.2, 0.25) is 0 Å². The molecule has 0 spiro atoms. The van der Waals surface area contributed by atoms with Crippen LogP contribution in [0.2, 0.25) is 5.02 Å². The number of hydrogen-bond acceptors (Lipinski definition) is 7. The monoisotopic (exact) mass is 434 g/mol. The average Bonchev–Trinajstić information content (AvgIpc) is 3.02. The Bertz CT molecular complexity index is 1090. The maximum atomic E-state index is 12.7. The fraction of sp³-hybridized carbons (Fsp3) is 0.333. The van der Waals surface area contributed by atoms with Crippen LogP contribution in [0, 0.1) is 10.9 Å². The Hall–Kier alpha value is -2.07. The molecular weight excluding hydrogens is 416 g/mol. The van der Waals surface area contributed by atoms with Crippen LogP contribution in [0.25, 0.3) is 5.69 Å². The quantitative estimate of drug-likeness (QED) is 0.588. The highest BCUT2D eigenvalue weighted by Crippen LogP contribution is 2.23. The van der Waals surface area contributed by atoms with Crippen molar-refractivity contribution in [3.63, 3.8) is 0 Å². The second-order valence-corrected chi connectivity index (χ2v) is 8.73. The fourth-order valence-corrected chi connectivity index (χ4v) is 4.52. The van der Waals surface area contributed by atoms with E-state index in [-0.39, 0.29) is 10.6 Å². The molecule has 10 heteroatoms. The van der Waals surface area contributed by atoms with Gasteiger partial charge in [-0.05, 0) is 31.3 Å². The molecule has 146 valence electrons. The Balaban J connectivity index is 1.47. The normalized spacial score (nSPS) is 15.1. The van der Waals surface area contributed by atoms with Gasteiger partial charge in [-0.2, -0.15) is 14.9 Å². The number of aryl methyl sites for hydroxylation is 1. The Morgan fingerprint density at radius 2 is 1.89 bits per heavy atom. The molecule has 28 heavy (non-hydrogen) atoms. The van der Waals surface area contributed by atoms with Crippen LogP contribution in [0.5, 0.6) is 0 Å². The molecule has 0 saturated carbocycles. The lowest BCUT2D eigenvalue weighted by Crippen LogP contribution is -2.47. The van der Waals surface area contributed by atoms with E-state index in [0.29, 0.717) is 18.0 Å². The van der Waals surface area contributed by atoms with Gasteiger partial charge in [0.15, 0.2) is 3.95 Å². The fourth-order valence-electron chi connectivity index (χ4n) is 3.22. The largest absolute Gasteiger partial charge is 0.366 e. The van der Waals surface area contributed by atoms with Gasteiger partial charge in [-0.25, -0.2) is 4.68 Å². The summed E-state index contributed by atoms with van der Waals surface area (Å²) in [6, 6.07) is 9.27. The summed E-state index contributed by atoms with van der Waals surface area (Å²) in [5, 5.41) is 9.94. The summed E-state index contributed by atoms with van der Waals surface area (Å²) in [6.45, 7) is 5.81. The predicted molar refractivity (Wildman–Crippen MR) is 114 cm³/mol. The van der Waals surface area contributed by atoms with Crippen LogP contribution in [0.4, 0.5) is 5.69 Å². The third-order valence-corrected chi connectivity index (χ3v) is 6.23. The van der Waals surface area contributed by atoms with Crippen molar-refractivity contribution < 1.29 is 0 Å². The molecule has 0 aliphatic carbocycles. The number of piperazine rings is 1. The number of aromatic nitrogens is 4. The first-order chi connectivity index (χ1) is 13.5. The van der Waals surface area contributed by atoms with Crippen LogP contribution in [-0.4, -0.2) is 50.6 Å². The van der Waals surface area contributed by atoms with Gasteiger partial charge >= 0.3 is 0 Å². The predicted octanol–water partition coefficient (Wildman–Crippen LogP) is 2.96. The maximum absolute atomic E-state index is 12.7. The van der Waals surface area contributed by atoms with E-state index in [0.717, 1.165) is 35.1 Å². The number of rotatable bonds is 4. The number of benzene rings is 1. The van der Waals surface area contributed by atoms with Crippen molar-refractivity contribution in [1.82, 2.24) is 24.5 Å². The van der Waals surface area contributed by atoms with E-state index in [4.69, 9.17) is 23.8 Å². The molecule has 0 N–H and O–H groups in total. The summed E-state index contributed by atoms with van der Waals surface area (Å²) in [7, 11) is 0. The molecule has 0 radical (unpaired) electrons. The average molecular weight is 435 g/mol. The van der Waals surface area contributed by atoms with Crippen molar-refractivity contribution in [3.8, 4) is 5.69 Å². The second kappa shape index (κ2) is 8.12. The van der Waals surface area contributed by atoms with Crippen molar-refractivity contribution in [2.75, 3.05) is 31.1 Å². The highest BCUT2D eigenvalue weighted by atomic mass is 35.5. The zero-order valence-corrected chi connectivity index (χ0v) is 17.7. The van der Waals surface area contributed by atoms with Crippen molar-refractivity contribution in [2.45, 2.75) is 13.6 Å². The van der Waals surface area contributed by atoms with Crippen LogP contribution in [-0.2, 0) is 6.67 Å². The Morgan fingerprint density at radius 1 is 1.18 bits per heavy atom. The van der Waals surface area contributed by atoms with Gasteiger partial charge in [-0.3, -0.25) is 9.69 Å². The first kappa shape index (κ1) is 19.3. The van der Waals surface area contributed by atoms with E-state index < -0.39 is 0 Å². The minimum atomic E-state index is -0.308. The van der Waals surface area contributed by atoms with Gasteiger partial charge in [0.25, 0.3) is 5.56 Å². The Labute approximate surface area is 176 Å². The molecule has 2 aromatic heterocycles. The minimum absolute atomic E-state index is 0.199. The molecule has 1 aliphatic heterocycles. The van der Waals surface area contributed by atoms with Crippen molar-refractivity contribution in [2.24, 2.45) is 0 Å². The van der Waals surface area contributed by atoms with E-state index in [2.05, 4.69) is 20.0 Å². The summed E-state index contributed by atoms with van der Waals surface area (Å²) in [5.41, 5.74) is 1.07. The molecule has 0 unspecified atom stereocenters. The van der Waals surface area contributed by atoms with Gasteiger partial charge in [-0.1, -0.05) is 41.1 Å². The lowest BCUT2D eigenvalue weighted by molar-refractivity contribution is 0.195. The Morgan fingerprint density at radius 3 is 2.54 bits per heavy atom. The van der Waals surface area contributed by atoms with Crippen LogP contribution >= 0.6 is 35.2 Å². The Kier molecular flexibility index (Phi) is 5.58. The molecule has 3 aromatic rings. The van der Waals surface area contributed by atoms with Crippen molar-refractivity contribution in [3.05, 3.63) is 60.9 Å². The zero-order chi connectivity index (χ0) is 19.7. The standard InChI is InChI=1S/C18H19ClN6OS2/c1-13-21-24(18(27)28-13)12-22-7-9-23(10-8-22)15-11-20-25(17(26)16(15)19)14-5-3-2-4-6-14/h2-6,11H,7-10,12H2,1H3. The molecule has 0 bridgehead atoms. The summed E-state index contributed by atoms with van der Waals surface area (Å²) >= 11 is 13.3. The third kappa shape index (κ3) is 3.88. The topological polar surface area (TPSA) is 59.2 Å². The number of para-hydroxylation sites is 1. The van der Waals surface area contributed by atoms with E-state index in [9.17, 15) is 4.79 Å². The number of hydrogen-bond donors (Lipinski definition) is 0. The SMILES string of the molecule is Cc1nn(CN2CCN(c3cnn(-c4ccccc4)c(=O)c3Cl)CC2)c(=S)s1. The number of halogens is 1. The molecular formula is C18H19ClN6OS2. The lowest BCUT2D eigenvalue weighted by atomic mass is 10.3. The molecule has 1 saturated heterocycles. The number of nitrogens with zero attached hydrogens (tertiary/aromatic N) is 6. The summed E-state index contributed by atoms with van der Waals surface area (Å²) in [5.74, 6) is 0. The van der Waals surface area contributed by atoms with E-state index in [1.807, 2.05) is 41.9 Å². The van der Waals surface area contributed by atoms with Crippen LogP contribution in [0.15, 0.2) is 41.3 Å². The van der Waals surface area contributed by atoms with E-state index in [1.165, 1.54) is 16.0 Å². The molecule has 7 nitrogen and oxygen atoms in total. The first-order valence-electron chi connectivity index (χ1n) is 8.88. The summed E-state index contributed by atoms with van der Waals surface area (Å²) in [6.07, 6.45) is 1.67. The van der Waals surface area contributed by atoms with Crippen LogP contribution in [0.1, 0.15) is 5.01 Å². The van der Waals surface area contributed by atoms with Crippen LogP contribution in [0.3, 0.4) is 0 Å². The van der Waals surface area contributed by atoms with E-state index >= 15 is 0 Å². The van der Waals surface area contributed by atoms with E-state index in [1.54, 1.807) is 6.20 Å². The third-order valence-electron chi connectivity index (χ3n) is 4.66. The molecule has 1 aliphatic rings. The van der Waals surface area contributed by atoms with Gasteiger partial charge < -0.3 is 4.90 Å². The van der Waals surface area contributed by atoms with Gasteiger partial charge in [0, 0.05) is 26.2 Å². The molecule has 1 fully saturated rings. The first-order valence-corrected chi connectivity index (χ1v) is 10.5. The molecule has 3 heterocycles. The van der Waals surface area contributed by atoms with Gasteiger partial charge in [-0.15, -0.1) is 0 Å². The maximum Gasteiger partial charge on any atom is 0.292 e. The summed E-state index contributed by atoms with van der Waals surface area (Å²) in [4.78, 5) is 17.1. The van der Waals surface area contributed by atoms with Crippen molar-refractivity contribution >= 4 is 40.8 Å². The minimum Gasteiger partial charge on any atom is -0.366 e. The van der Waals surface area contributed by atoms with Crippen LogP contribution < -0.4 is 10.5 Å². The highest BCUT2D eigenvalue weighted by molar-refractivity contribution is 7.73. The summed E-state index contributed by atoms with van der Waals surface area (Å²) < 4.78 is 3.98. The lowest BCUT2D eigenvalue weighted by Gasteiger charge is -2.35. The second-order valence-electron chi connectivity index (χ2n) is 6.53.